The maximum atomic E-state index is 9.58. The van der Waals surface area contributed by atoms with Gasteiger partial charge in [0.25, 0.3) is 0 Å². The predicted molar refractivity (Wildman–Crippen MR) is 64.5 cm³/mol. The van der Waals surface area contributed by atoms with Crippen LogP contribution in [0, 0.1) is 0 Å². The largest absolute Gasteiger partial charge is 0.508 e. The molecule has 0 fully saturated rings. The Morgan fingerprint density at radius 2 is 1.39 bits per heavy atom. The minimum atomic E-state index is -0.503. The number of hydrogen-bond donors (Lipinski definition) is 6. The monoisotopic (exact) mass is 249 g/mol. The van der Waals surface area contributed by atoms with E-state index in [1.54, 1.807) is 0 Å². The number of nitrogens with one attached hydrogen (secondary N) is 1. The van der Waals surface area contributed by atoms with Crippen LogP contribution in [0.25, 0.3) is 0 Å². The van der Waals surface area contributed by atoms with Crippen LogP contribution in [-0.2, 0) is 0 Å². The molecule has 0 amide bonds. The zero-order valence-corrected chi connectivity index (χ0v) is 9.12. The number of para-hydroxylation sites is 1. The normalized spacial score (nSPS) is 10.2. The van der Waals surface area contributed by atoms with Gasteiger partial charge >= 0.3 is 0 Å². The van der Waals surface area contributed by atoms with Crippen molar-refractivity contribution in [3.05, 3.63) is 30.3 Å². The van der Waals surface area contributed by atoms with Crippen molar-refractivity contribution in [1.82, 2.24) is 0 Å². The molecule has 0 aliphatic carbocycles. The van der Waals surface area contributed by atoms with E-state index in [9.17, 15) is 25.5 Å². The molecule has 0 aliphatic rings. The molecule has 2 aromatic rings. The lowest BCUT2D eigenvalue weighted by atomic mass is 10.2. The van der Waals surface area contributed by atoms with Crippen molar-refractivity contribution < 1.29 is 25.5 Å². The maximum Gasteiger partial charge on any atom is 0.181 e. The van der Waals surface area contributed by atoms with Gasteiger partial charge in [-0.3, -0.25) is 0 Å². The molecule has 0 aromatic heterocycles. The van der Waals surface area contributed by atoms with Crippen LogP contribution >= 0.6 is 0 Å². The SMILES string of the molecule is Oc1cc(O)c(O)c(Nc2cccc(O)c2O)c1. The molecule has 0 aliphatic heterocycles. The van der Waals surface area contributed by atoms with E-state index in [1.165, 1.54) is 24.3 Å². The Labute approximate surface area is 102 Å². The van der Waals surface area contributed by atoms with E-state index in [2.05, 4.69) is 5.32 Å². The fourth-order valence-corrected chi connectivity index (χ4v) is 1.48. The van der Waals surface area contributed by atoms with Crippen molar-refractivity contribution in [2.45, 2.75) is 0 Å². The average Bonchev–Trinajstić information content (AvgIpc) is 2.31. The Morgan fingerprint density at radius 3 is 2.11 bits per heavy atom. The molecule has 0 atom stereocenters. The summed E-state index contributed by atoms with van der Waals surface area (Å²) in [5.41, 5.74) is 0.115. The lowest BCUT2D eigenvalue weighted by molar-refractivity contribution is 0.398. The van der Waals surface area contributed by atoms with Crippen LogP contribution in [0.4, 0.5) is 11.4 Å². The van der Waals surface area contributed by atoms with Gasteiger partial charge in [-0.1, -0.05) is 6.07 Å². The highest BCUT2D eigenvalue weighted by atomic mass is 16.3. The first-order valence-electron chi connectivity index (χ1n) is 5.02. The maximum absolute atomic E-state index is 9.58. The van der Waals surface area contributed by atoms with E-state index in [0.717, 1.165) is 6.07 Å². The number of anilines is 2. The quantitative estimate of drug-likeness (QED) is 0.358. The van der Waals surface area contributed by atoms with Crippen LogP contribution in [0.2, 0.25) is 0 Å². The molecule has 0 saturated carbocycles. The van der Waals surface area contributed by atoms with Gasteiger partial charge in [0.15, 0.2) is 23.0 Å². The van der Waals surface area contributed by atoms with E-state index in [0.29, 0.717) is 0 Å². The fourth-order valence-electron chi connectivity index (χ4n) is 1.48. The summed E-state index contributed by atoms with van der Waals surface area (Å²) >= 11 is 0. The second kappa shape index (κ2) is 4.25. The summed E-state index contributed by atoms with van der Waals surface area (Å²) in [6.07, 6.45) is 0. The van der Waals surface area contributed by atoms with Gasteiger partial charge in [0.05, 0.1) is 11.4 Å². The molecule has 0 bridgehead atoms. The standard InChI is InChI=1S/C12H11NO5/c14-6-4-8(12(18)10(16)5-6)13-7-2-1-3-9(15)11(7)17/h1-5,13-18H. The van der Waals surface area contributed by atoms with E-state index >= 15 is 0 Å². The summed E-state index contributed by atoms with van der Waals surface area (Å²) in [6.45, 7) is 0. The third-order valence-corrected chi connectivity index (χ3v) is 2.36. The molecular weight excluding hydrogens is 238 g/mol. The number of benzene rings is 2. The molecule has 2 rings (SSSR count). The van der Waals surface area contributed by atoms with Gasteiger partial charge in [-0.2, -0.15) is 0 Å². The van der Waals surface area contributed by atoms with Crippen molar-refractivity contribution in [2.75, 3.05) is 5.32 Å². The van der Waals surface area contributed by atoms with Crippen molar-refractivity contribution in [1.29, 1.82) is 0 Å². The van der Waals surface area contributed by atoms with Crippen LogP contribution < -0.4 is 5.32 Å². The van der Waals surface area contributed by atoms with Crippen molar-refractivity contribution in [3.8, 4) is 28.7 Å². The zero-order valence-electron chi connectivity index (χ0n) is 9.12. The predicted octanol–water partition coefficient (Wildman–Crippen LogP) is 1.96. The lowest BCUT2D eigenvalue weighted by Crippen LogP contribution is -1.91. The molecular formula is C12H11NO5. The molecule has 6 N–H and O–H groups in total. The summed E-state index contributed by atoms with van der Waals surface area (Å²) in [5.74, 6) is -1.97. The second-order valence-electron chi connectivity index (χ2n) is 3.66. The van der Waals surface area contributed by atoms with Gasteiger partial charge in [-0.15, -0.1) is 0 Å². The first kappa shape index (κ1) is 11.7. The van der Waals surface area contributed by atoms with E-state index < -0.39 is 17.2 Å². The summed E-state index contributed by atoms with van der Waals surface area (Å²) in [5, 5.41) is 49.7. The summed E-state index contributed by atoms with van der Waals surface area (Å²) in [7, 11) is 0. The van der Waals surface area contributed by atoms with Crippen molar-refractivity contribution in [2.24, 2.45) is 0 Å². The van der Waals surface area contributed by atoms with Gasteiger partial charge in [0.2, 0.25) is 0 Å². The Balaban J connectivity index is 2.43. The van der Waals surface area contributed by atoms with Gasteiger partial charge in [-0.25, -0.2) is 0 Å². The zero-order chi connectivity index (χ0) is 13.3. The number of rotatable bonds is 2. The summed E-state index contributed by atoms with van der Waals surface area (Å²) in [6, 6.07) is 6.37. The van der Waals surface area contributed by atoms with Crippen molar-refractivity contribution >= 4 is 11.4 Å². The Kier molecular flexibility index (Phi) is 2.77. The van der Waals surface area contributed by atoms with E-state index in [1.807, 2.05) is 0 Å². The minimum Gasteiger partial charge on any atom is -0.508 e. The molecule has 18 heavy (non-hydrogen) atoms. The fraction of sp³-hybridized carbons (Fsp3) is 0. The second-order valence-corrected chi connectivity index (χ2v) is 3.66. The van der Waals surface area contributed by atoms with Gasteiger partial charge in [-0.05, 0) is 12.1 Å². The molecule has 2 aromatic carbocycles. The minimum absolute atomic E-state index is 0.00611. The van der Waals surface area contributed by atoms with Crippen LogP contribution in [0.3, 0.4) is 0 Å². The van der Waals surface area contributed by atoms with Gasteiger partial charge in [0, 0.05) is 12.1 Å². The molecule has 0 heterocycles. The highest BCUT2D eigenvalue weighted by Crippen LogP contribution is 2.41. The average molecular weight is 249 g/mol. The summed E-state index contributed by atoms with van der Waals surface area (Å²) < 4.78 is 0. The highest BCUT2D eigenvalue weighted by Gasteiger charge is 2.12. The van der Waals surface area contributed by atoms with E-state index in [-0.39, 0.29) is 22.9 Å². The first-order valence-corrected chi connectivity index (χ1v) is 5.02. The highest BCUT2D eigenvalue weighted by molar-refractivity contribution is 5.75. The molecule has 6 heteroatoms. The molecule has 0 saturated heterocycles. The molecule has 0 radical (unpaired) electrons. The molecule has 0 unspecified atom stereocenters. The van der Waals surface area contributed by atoms with Crippen LogP contribution in [0.5, 0.6) is 28.7 Å². The first-order chi connectivity index (χ1) is 8.49. The number of aromatic hydroxyl groups is 5. The molecule has 94 valence electrons. The summed E-state index contributed by atoms with van der Waals surface area (Å²) in [4.78, 5) is 0. The van der Waals surface area contributed by atoms with Gasteiger partial charge < -0.3 is 30.8 Å². The van der Waals surface area contributed by atoms with Crippen LogP contribution in [0.1, 0.15) is 0 Å². The molecule has 6 nitrogen and oxygen atoms in total. The smallest absolute Gasteiger partial charge is 0.181 e. The number of phenolic OH excluding ortho intramolecular Hbond substituents is 5. The Hall–Kier alpha value is -2.76. The third kappa shape index (κ3) is 2.03. The Bertz CT molecular complexity index is 597. The van der Waals surface area contributed by atoms with E-state index in [4.69, 9.17) is 0 Å². The number of phenols is 5. The van der Waals surface area contributed by atoms with Crippen molar-refractivity contribution in [3.63, 3.8) is 0 Å². The topological polar surface area (TPSA) is 113 Å². The number of hydrogen-bond acceptors (Lipinski definition) is 6. The van der Waals surface area contributed by atoms with Crippen LogP contribution in [0.15, 0.2) is 30.3 Å². The molecule has 0 spiro atoms. The Morgan fingerprint density at radius 1 is 0.722 bits per heavy atom. The van der Waals surface area contributed by atoms with Gasteiger partial charge in [0.1, 0.15) is 5.75 Å². The lowest BCUT2D eigenvalue weighted by Gasteiger charge is -2.11. The third-order valence-electron chi connectivity index (χ3n) is 2.36. The van der Waals surface area contributed by atoms with Crippen LogP contribution in [-0.4, -0.2) is 25.5 Å².